The number of hydrazone groups is 1. The van der Waals surface area contributed by atoms with Crippen LogP contribution in [-0.4, -0.2) is 51.2 Å². The maximum atomic E-state index is 12.9. The number of alkyl halides is 3. The van der Waals surface area contributed by atoms with Crippen LogP contribution in [0.5, 0.6) is 0 Å². The zero-order chi connectivity index (χ0) is 29.0. The van der Waals surface area contributed by atoms with E-state index in [1.165, 1.54) is 6.08 Å². The molecule has 0 saturated carbocycles. The lowest BCUT2D eigenvalue weighted by molar-refractivity contribution is -0.0881. The van der Waals surface area contributed by atoms with Crippen molar-refractivity contribution in [2.75, 3.05) is 7.05 Å². The van der Waals surface area contributed by atoms with Gasteiger partial charge < -0.3 is 9.26 Å². The van der Waals surface area contributed by atoms with E-state index < -0.39 is 11.7 Å². The van der Waals surface area contributed by atoms with Crippen LogP contribution < -0.4 is 0 Å². The summed E-state index contributed by atoms with van der Waals surface area (Å²) in [5, 5.41) is 13.8. The quantitative estimate of drug-likeness (QED) is 0.0922. The number of rotatable bonds is 11. The molecule has 3 rings (SSSR count). The number of ether oxygens (including phenoxy) is 1. The highest BCUT2D eigenvalue weighted by Gasteiger charge is 2.30. The molecular weight excluding hydrogens is 511 g/mol. The molecule has 0 bridgehead atoms. The fraction of sp³-hybridized carbons (Fsp3) is 0.296. The number of benzene rings is 1. The number of aliphatic imine (C=N–C) groups is 1. The second kappa shape index (κ2) is 14.5. The Morgan fingerprint density at radius 2 is 1.90 bits per heavy atom. The number of nitrogens with zero attached hydrogens (tertiary/aromatic N) is 7. The third kappa shape index (κ3) is 8.52. The highest BCUT2D eigenvalue weighted by atomic mass is 19.4. The molecule has 1 aromatic carbocycles. The number of halogens is 3. The lowest BCUT2D eigenvalue weighted by atomic mass is 10.1. The number of hydrogen-bond donors (Lipinski definition) is 0. The van der Waals surface area contributed by atoms with Crippen molar-refractivity contribution < 1.29 is 22.4 Å². The molecule has 0 atom stereocenters. The Balaban J connectivity index is 0.00000260. The van der Waals surface area contributed by atoms with E-state index in [9.17, 15) is 13.2 Å². The standard InChI is InChI=1S/C25H26F3N7O2.C2H6/c1-6-20(25(26,27)28)12-7-17(2)36-15-22-21(13-31-34(22)5)24-32-23(33-37-24)19-10-8-18(9-11-19)14-35(30-4)16-29-3;1-2/h6-13,16H,1,4,14-15H2,2-3,5H3;1-2H3/b17-7+,20-12+,29-16?;. The van der Waals surface area contributed by atoms with Gasteiger partial charge >= 0.3 is 6.18 Å². The first-order valence-corrected chi connectivity index (χ1v) is 12.0. The minimum atomic E-state index is -4.49. The summed E-state index contributed by atoms with van der Waals surface area (Å²) in [5.74, 6) is 0.897. The molecular formula is C27H32F3N7O2. The normalized spacial score (nSPS) is 12.2. The SMILES string of the molecule is C=C/C(=C\C=C(/C)OCc1c(-c2nc(-c3ccc(CN(C=NC)N=C)cc3)no2)cnn1C)C(F)(F)F.CC. The van der Waals surface area contributed by atoms with Crippen molar-refractivity contribution in [3.8, 4) is 22.8 Å². The van der Waals surface area contributed by atoms with Crippen molar-refractivity contribution >= 4 is 13.1 Å². The first-order valence-electron chi connectivity index (χ1n) is 12.0. The Labute approximate surface area is 225 Å². The van der Waals surface area contributed by atoms with Gasteiger partial charge in [-0.2, -0.15) is 28.4 Å². The summed E-state index contributed by atoms with van der Waals surface area (Å²) in [6.45, 7) is 12.8. The van der Waals surface area contributed by atoms with Crippen LogP contribution in [0.4, 0.5) is 13.2 Å². The van der Waals surface area contributed by atoms with Crippen molar-refractivity contribution in [1.29, 1.82) is 0 Å². The zero-order valence-corrected chi connectivity index (χ0v) is 22.6. The van der Waals surface area contributed by atoms with Crippen LogP contribution in [0, 0.1) is 0 Å². The van der Waals surface area contributed by atoms with Crippen LogP contribution in [0.25, 0.3) is 22.8 Å². The zero-order valence-electron chi connectivity index (χ0n) is 22.6. The Morgan fingerprint density at radius 3 is 2.49 bits per heavy atom. The molecule has 39 heavy (non-hydrogen) atoms. The first kappa shape index (κ1) is 30.7. The van der Waals surface area contributed by atoms with E-state index in [2.05, 4.69) is 38.6 Å². The first-order chi connectivity index (χ1) is 18.7. The van der Waals surface area contributed by atoms with Crippen LogP contribution in [-0.2, 0) is 24.9 Å². The molecule has 3 aromatic rings. The van der Waals surface area contributed by atoms with Crippen LogP contribution in [0.1, 0.15) is 32.0 Å². The van der Waals surface area contributed by atoms with Crippen LogP contribution >= 0.6 is 0 Å². The van der Waals surface area contributed by atoms with E-state index >= 15 is 0 Å². The number of aryl methyl sites for hydroxylation is 1. The van der Waals surface area contributed by atoms with Crippen molar-refractivity contribution in [1.82, 2.24) is 24.9 Å². The second-order valence-corrected chi connectivity index (χ2v) is 7.75. The summed E-state index contributed by atoms with van der Waals surface area (Å²) in [6, 6.07) is 7.55. The molecule has 2 aromatic heterocycles. The summed E-state index contributed by atoms with van der Waals surface area (Å²) >= 11 is 0. The van der Waals surface area contributed by atoms with Gasteiger partial charge in [0.15, 0.2) is 0 Å². The van der Waals surface area contributed by atoms with Crippen molar-refractivity contribution in [3.63, 3.8) is 0 Å². The van der Waals surface area contributed by atoms with Gasteiger partial charge in [-0.1, -0.05) is 55.9 Å². The van der Waals surface area contributed by atoms with Gasteiger partial charge in [0, 0.05) is 26.4 Å². The van der Waals surface area contributed by atoms with E-state index in [1.807, 2.05) is 38.1 Å². The Bertz CT molecular complexity index is 1320. The number of hydrogen-bond acceptors (Lipinski definition) is 7. The van der Waals surface area contributed by atoms with Gasteiger partial charge in [-0.05, 0) is 24.6 Å². The lowest BCUT2D eigenvalue weighted by Crippen LogP contribution is -2.13. The Kier molecular flexibility index (Phi) is 11.4. The van der Waals surface area contributed by atoms with Crippen molar-refractivity contribution in [3.05, 3.63) is 77.9 Å². The fourth-order valence-electron chi connectivity index (χ4n) is 3.19. The molecule has 0 amide bonds. The van der Waals surface area contributed by atoms with Gasteiger partial charge in [-0.25, -0.2) is 0 Å². The van der Waals surface area contributed by atoms with Gasteiger partial charge in [-0.3, -0.25) is 14.7 Å². The average Bonchev–Trinajstić information content (AvgIpc) is 3.55. The molecule has 12 heteroatoms. The summed E-state index contributed by atoms with van der Waals surface area (Å²) in [7, 11) is 3.36. The largest absolute Gasteiger partial charge is 0.492 e. The van der Waals surface area contributed by atoms with Crippen LogP contribution in [0.3, 0.4) is 0 Å². The smallest absolute Gasteiger partial charge is 0.416 e. The van der Waals surface area contributed by atoms with E-state index in [-0.39, 0.29) is 18.3 Å². The van der Waals surface area contributed by atoms with Gasteiger partial charge in [0.25, 0.3) is 5.89 Å². The molecule has 0 radical (unpaired) electrons. The van der Waals surface area contributed by atoms with Gasteiger partial charge in [0.2, 0.25) is 5.82 Å². The van der Waals surface area contributed by atoms with Crippen LogP contribution in [0.15, 0.2) is 81.2 Å². The van der Waals surface area contributed by atoms with Gasteiger partial charge in [-0.15, -0.1) is 0 Å². The minimum absolute atomic E-state index is 0.0265. The molecule has 9 nitrogen and oxygen atoms in total. The Morgan fingerprint density at radius 1 is 1.21 bits per heavy atom. The van der Waals surface area contributed by atoms with E-state index in [1.54, 1.807) is 43.2 Å². The molecule has 0 aliphatic carbocycles. The fourth-order valence-corrected chi connectivity index (χ4v) is 3.19. The maximum Gasteiger partial charge on any atom is 0.416 e. The predicted octanol–water partition coefficient (Wildman–Crippen LogP) is 6.33. The van der Waals surface area contributed by atoms with E-state index in [0.717, 1.165) is 23.3 Å². The minimum Gasteiger partial charge on any atom is -0.492 e. The van der Waals surface area contributed by atoms with Crippen molar-refractivity contribution in [2.24, 2.45) is 17.1 Å². The third-order valence-corrected chi connectivity index (χ3v) is 5.19. The molecule has 0 N–H and O–H groups in total. The molecule has 0 spiro atoms. The van der Waals surface area contributed by atoms with Crippen molar-refractivity contribution in [2.45, 2.75) is 40.1 Å². The predicted molar refractivity (Wildman–Crippen MR) is 146 cm³/mol. The lowest BCUT2D eigenvalue weighted by Gasteiger charge is -2.12. The highest BCUT2D eigenvalue weighted by Crippen LogP contribution is 2.28. The monoisotopic (exact) mass is 543 g/mol. The van der Waals surface area contributed by atoms with Gasteiger partial charge in [0.05, 0.1) is 35.3 Å². The van der Waals surface area contributed by atoms with E-state index in [4.69, 9.17) is 9.26 Å². The maximum absolute atomic E-state index is 12.9. The molecule has 208 valence electrons. The molecule has 0 fully saturated rings. The van der Waals surface area contributed by atoms with Gasteiger partial charge in [0.1, 0.15) is 12.9 Å². The average molecular weight is 544 g/mol. The number of allylic oxidation sites excluding steroid dienone is 5. The molecule has 0 aliphatic heterocycles. The molecule has 0 saturated heterocycles. The third-order valence-electron chi connectivity index (χ3n) is 5.19. The molecule has 2 heterocycles. The summed E-state index contributed by atoms with van der Waals surface area (Å²) in [6.07, 6.45) is 1.54. The second-order valence-electron chi connectivity index (χ2n) is 7.75. The molecule has 0 unspecified atom stereocenters. The number of aromatic nitrogens is 4. The molecule has 0 aliphatic rings. The van der Waals surface area contributed by atoms with E-state index in [0.29, 0.717) is 23.6 Å². The van der Waals surface area contributed by atoms with Crippen LogP contribution in [0.2, 0.25) is 0 Å². The Hall–Kier alpha value is -4.48. The topological polar surface area (TPSA) is 93.9 Å². The summed E-state index contributed by atoms with van der Waals surface area (Å²) < 4.78 is 51.2. The summed E-state index contributed by atoms with van der Waals surface area (Å²) in [5.41, 5.74) is 2.02. The summed E-state index contributed by atoms with van der Waals surface area (Å²) in [4.78, 5) is 8.41. The highest BCUT2D eigenvalue weighted by molar-refractivity contribution is 5.61.